The fourth-order valence-electron chi connectivity index (χ4n) is 2.66. The third-order valence-electron chi connectivity index (χ3n) is 3.59. The van der Waals surface area contributed by atoms with Crippen LogP contribution in [0.4, 0.5) is 0 Å². The zero-order chi connectivity index (χ0) is 14.7. The molecule has 0 radical (unpaired) electrons. The van der Waals surface area contributed by atoms with Crippen LogP contribution in [0.25, 0.3) is 0 Å². The summed E-state index contributed by atoms with van der Waals surface area (Å²) in [6, 6.07) is 9.55. The quantitative estimate of drug-likeness (QED) is 0.824. The van der Waals surface area contributed by atoms with Crippen molar-refractivity contribution < 1.29 is 9.52 Å². The number of aliphatic hydroxyl groups is 1. The van der Waals surface area contributed by atoms with Gasteiger partial charge < -0.3 is 19.7 Å². The molecule has 0 saturated carbocycles. The van der Waals surface area contributed by atoms with E-state index >= 15 is 0 Å². The molecule has 6 heteroatoms. The molecule has 0 spiro atoms. The van der Waals surface area contributed by atoms with E-state index in [1.807, 2.05) is 30.3 Å². The third kappa shape index (κ3) is 2.77. The van der Waals surface area contributed by atoms with Crippen molar-refractivity contribution in [2.24, 2.45) is 0 Å². The van der Waals surface area contributed by atoms with Crippen LogP contribution in [-0.2, 0) is 0 Å². The molecule has 3 rings (SSSR count). The van der Waals surface area contributed by atoms with Crippen molar-refractivity contribution in [2.45, 2.75) is 18.5 Å². The first-order valence-corrected chi connectivity index (χ1v) is 7.34. The first-order valence-electron chi connectivity index (χ1n) is 6.93. The number of hydrogen-bond acceptors (Lipinski definition) is 4. The number of hydrogen-bond donors (Lipinski definition) is 2. The summed E-state index contributed by atoms with van der Waals surface area (Å²) in [5.74, 6) is 0.843. The lowest BCUT2D eigenvalue weighted by atomic mass is 10.0. The molecule has 0 aromatic carbocycles. The van der Waals surface area contributed by atoms with Crippen molar-refractivity contribution in [2.75, 3.05) is 13.2 Å². The Hall–Kier alpha value is -1.92. The first-order chi connectivity index (χ1) is 10.3. The minimum Gasteiger partial charge on any atom is -0.467 e. The Kier molecular flexibility index (Phi) is 4.17. The highest BCUT2D eigenvalue weighted by Gasteiger charge is 2.40. The zero-order valence-electron chi connectivity index (χ0n) is 11.5. The van der Waals surface area contributed by atoms with Crippen LogP contribution in [0.1, 0.15) is 30.0 Å². The van der Waals surface area contributed by atoms with Crippen molar-refractivity contribution in [3.05, 3.63) is 54.2 Å². The van der Waals surface area contributed by atoms with Gasteiger partial charge in [0.15, 0.2) is 5.11 Å². The maximum atomic E-state index is 9.09. The second-order valence-corrected chi connectivity index (χ2v) is 5.30. The molecule has 1 saturated heterocycles. The van der Waals surface area contributed by atoms with Crippen molar-refractivity contribution >= 4 is 17.3 Å². The van der Waals surface area contributed by atoms with E-state index in [1.54, 1.807) is 12.5 Å². The predicted octanol–water partition coefficient (Wildman–Crippen LogP) is 2.03. The number of aliphatic hydroxyl groups excluding tert-OH is 1. The van der Waals surface area contributed by atoms with Gasteiger partial charge in [-0.15, -0.1) is 0 Å². The average Bonchev–Trinajstić information content (AvgIpc) is 3.13. The molecule has 5 nitrogen and oxygen atoms in total. The topological polar surface area (TPSA) is 61.5 Å². The smallest absolute Gasteiger partial charge is 0.170 e. The van der Waals surface area contributed by atoms with E-state index in [-0.39, 0.29) is 18.7 Å². The molecule has 3 heterocycles. The van der Waals surface area contributed by atoms with Gasteiger partial charge in [-0.3, -0.25) is 4.98 Å². The van der Waals surface area contributed by atoms with Crippen LogP contribution in [0, 0.1) is 0 Å². The van der Waals surface area contributed by atoms with Gasteiger partial charge in [-0.2, -0.15) is 0 Å². The Bertz CT molecular complexity index is 588. The number of rotatable bonds is 5. The molecule has 1 aliphatic rings. The lowest BCUT2D eigenvalue weighted by Crippen LogP contribution is -2.30. The summed E-state index contributed by atoms with van der Waals surface area (Å²) in [5, 5.41) is 13.1. The molecular weight excluding hydrogens is 286 g/mol. The fraction of sp³-hybridized carbons (Fsp3) is 0.333. The van der Waals surface area contributed by atoms with Gasteiger partial charge in [0.2, 0.25) is 0 Å². The van der Waals surface area contributed by atoms with E-state index in [1.165, 1.54) is 0 Å². The number of pyridine rings is 1. The van der Waals surface area contributed by atoms with Crippen LogP contribution in [0.2, 0.25) is 0 Å². The Labute approximate surface area is 128 Å². The van der Waals surface area contributed by atoms with Crippen molar-refractivity contribution in [1.29, 1.82) is 0 Å². The third-order valence-corrected chi connectivity index (χ3v) is 3.94. The zero-order valence-corrected chi connectivity index (χ0v) is 12.3. The molecule has 0 bridgehead atoms. The molecule has 2 atom stereocenters. The molecule has 0 amide bonds. The molecule has 1 fully saturated rings. The summed E-state index contributed by atoms with van der Waals surface area (Å²) in [5.41, 5.74) is 0.924. The molecule has 110 valence electrons. The second-order valence-electron chi connectivity index (χ2n) is 4.91. The summed E-state index contributed by atoms with van der Waals surface area (Å²) < 4.78 is 5.60. The maximum Gasteiger partial charge on any atom is 0.170 e. The Morgan fingerprint density at radius 1 is 1.33 bits per heavy atom. The molecule has 2 N–H and O–H groups in total. The number of thiocarbonyl (C=S) groups is 1. The van der Waals surface area contributed by atoms with Crippen LogP contribution in [0.5, 0.6) is 0 Å². The Balaban J connectivity index is 1.94. The van der Waals surface area contributed by atoms with Gasteiger partial charge in [0.1, 0.15) is 11.8 Å². The van der Waals surface area contributed by atoms with Crippen molar-refractivity contribution in [1.82, 2.24) is 15.2 Å². The monoisotopic (exact) mass is 303 g/mol. The lowest BCUT2D eigenvalue weighted by Gasteiger charge is -2.25. The predicted molar refractivity (Wildman–Crippen MR) is 82.6 cm³/mol. The van der Waals surface area contributed by atoms with Gasteiger partial charge >= 0.3 is 0 Å². The Morgan fingerprint density at radius 3 is 2.90 bits per heavy atom. The average molecular weight is 303 g/mol. The van der Waals surface area contributed by atoms with Gasteiger partial charge in [-0.1, -0.05) is 6.07 Å². The van der Waals surface area contributed by atoms with E-state index in [0.717, 1.165) is 11.5 Å². The molecule has 21 heavy (non-hydrogen) atoms. The number of nitrogens with one attached hydrogen (secondary N) is 1. The number of furan rings is 1. The first kappa shape index (κ1) is 14.0. The highest BCUT2D eigenvalue weighted by atomic mass is 32.1. The summed E-state index contributed by atoms with van der Waals surface area (Å²) in [7, 11) is 0. The lowest BCUT2D eigenvalue weighted by molar-refractivity contribution is 0.232. The minimum atomic E-state index is -0.0523. The molecule has 1 aliphatic heterocycles. The summed E-state index contributed by atoms with van der Waals surface area (Å²) in [6.45, 7) is 0.815. The van der Waals surface area contributed by atoms with Gasteiger partial charge in [0.05, 0.1) is 18.0 Å². The maximum absolute atomic E-state index is 9.09. The van der Waals surface area contributed by atoms with Crippen LogP contribution in [-0.4, -0.2) is 33.3 Å². The van der Waals surface area contributed by atoms with Crippen LogP contribution < -0.4 is 5.32 Å². The molecule has 2 aromatic heterocycles. The van der Waals surface area contributed by atoms with Crippen LogP contribution in [0.3, 0.4) is 0 Å². The highest BCUT2D eigenvalue weighted by Crippen LogP contribution is 2.38. The molecular formula is C15H17N3O2S. The summed E-state index contributed by atoms with van der Waals surface area (Å²) >= 11 is 5.45. The molecule has 0 unspecified atom stereocenters. The van der Waals surface area contributed by atoms with Gasteiger partial charge in [0.25, 0.3) is 0 Å². The second kappa shape index (κ2) is 6.24. The van der Waals surface area contributed by atoms with Gasteiger partial charge in [0, 0.05) is 19.3 Å². The highest BCUT2D eigenvalue weighted by molar-refractivity contribution is 7.80. The van der Waals surface area contributed by atoms with E-state index < -0.39 is 0 Å². The molecule has 2 aromatic rings. The van der Waals surface area contributed by atoms with E-state index in [9.17, 15) is 0 Å². The Morgan fingerprint density at radius 2 is 2.24 bits per heavy atom. The number of nitrogens with zero attached hydrogens (tertiary/aromatic N) is 2. The van der Waals surface area contributed by atoms with E-state index in [4.69, 9.17) is 21.7 Å². The normalized spacial score (nSPS) is 21.6. The number of aromatic nitrogens is 1. The van der Waals surface area contributed by atoms with E-state index in [2.05, 4.69) is 15.2 Å². The standard InChI is InChI=1S/C15H17N3O2S/c19-9-4-8-18-14(12-6-3-10-20-12)13(17-15(18)21)11-5-1-2-7-16-11/h1-3,5-7,10,13-14,19H,4,8-9H2,(H,17,21)/t13-,14+/m0/s1. The van der Waals surface area contributed by atoms with E-state index in [0.29, 0.717) is 18.1 Å². The van der Waals surface area contributed by atoms with Crippen molar-refractivity contribution in [3.63, 3.8) is 0 Å². The van der Waals surface area contributed by atoms with Crippen molar-refractivity contribution in [3.8, 4) is 0 Å². The van der Waals surface area contributed by atoms with Gasteiger partial charge in [-0.05, 0) is 42.9 Å². The van der Waals surface area contributed by atoms with Crippen LogP contribution in [0.15, 0.2) is 47.2 Å². The SMILES string of the molecule is OCCCN1C(=S)N[C@@H](c2ccccn2)[C@H]1c1ccco1. The summed E-state index contributed by atoms with van der Waals surface area (Å²) in [6.07, 6.45) is 4.10. The van der Waals surface area contributed by atoms with Crippen LogP contribution >= 0.6 is 12.2 Å². The largest absolute Gasteiger partial charge is 0.467 e. The summed E-state index contributed by atoms with van der Waals surface area (Å²) in [4.78, 5) is 6.49. The molecule has 0 aliphatic carbocycles. The fourth-order valence-corrected chi connectivity index (χ4v) is 2.99. The van der Waals surface area contributed by atoms with Gasteiger partial charge in [-0.25, -0.2) is 0 Å². The minimum absolute atomic E-state index is 0.0473.